The Bertz CT molecular complexity index is 1810. The number of aryl methyl sites for hydroxylation is 3. The number of aromatic nitrogens is 2. The van der Waals surface area contributed by atoms with Crippen molar-refractivity contribution in [3.8, 4) is 17.0 Å². The first-order valence-electron chi connectivity index (χ1n) is 15.2. The lowest BCUT2D eigenvalue weighted by Crippen LogP contribution is -2.41. The second-order valence-corrected chi connectivity index (χ2v) is 12.2. The number of hydrogen-bond acceptors (Lipinski definition) is 4. The van der Waals surface area contributed by atoms with Crippen molar-refractivity contribution in [1.29, 1.82) is 0 Å². The Morgan fingerprint density at radius 3 is 2.02 bits per heavy atom. The largest absolute Gasteiger partial charge is 0.488 e. The maximum Gasteiger partial charge on any atom is 0.312 e. The van der Waals surface area contributed by atoms with E-state index in [2.05, 4.69) is 31.2 Å². The third kappa shape index (κ3) is 7.85. The number of nitrogens with zero attached hydrogens (tertiary/aromatic N) is 4. The van der Waals surface area contributed by atoms with Crippen molar-refractivity contribution in [1.82, 2.24) is 19.6 Å². The van der Waals surface area contributed by atoms with Gasteiger partial charge in [-0.3, -0.25) is 14.3 Å². The van der Waals surface area contributed by atoms with Crippen LogP contribution in [0.5, 0.6) is 5.75 Å². The lowest BCUT2D eigenvalue weighted by molar-refractivity contribution is -0.150. The van der Waals surface area contributed by atoms with Gasteiger partial charge in [-0.25, -0.2) is 0 Å². The van der Waals surface area contributed by atoms with Crippen LogP contribution in [-0.2, 0) is 35.8 Å². The molecule has 46 heavy (non-hydrogen) atoms. The summed E-state index contributed by atoms with van der Waals surface area (Å²) in [6.45, 7) is 7.53. The first kappa shape index (κ1) is 32.5. The van der Waals surface area contributed by atoms with Crippen molar-refractivity contribution in [3.05, 3.63) is 141 Å². The van der Waals surface area contributed by atoms with Gasteiger partial charge in [0, 0.05) is 49.5 Å². The molecule has 1 heterocycles. The lowest BCUT2D eigenvalue weighted by Gasteiger charge is -2.22. The number of amides is 2. The molecule has 0 fully saturated rings. The van der Waals surface area contributed by atoms with Gasteiger partial charge in [0.25, 0.3) is 0 Å². The van der Waals surface area contributed by atoms with Crippen molar-refractivity contribution in [3.63, 3.8) is 0 Å². The Balaban J connectivity index is 1.26. The van der Waals surface area contributed by atoms with Crippen LogP contribution in [0.1, 0.15) is 38.9 Å². The van der Waals surface area contributed by atoms with Gasteiger partial charge in [-0.2, -0.15) is 5.10 Å². The monoisotopic (exact) mass is 634 g/mol. The van der Waals surface area contributed by atoms with Crippen molar-refractivity contribution in [2.75, 3.05) is 14.1 Å². The zero-order valence-electron chi connectivity index (χ0n) is 27.0. The van der Waals surface area contributed by atoms with Gasteiger partial charge in [0.1, 0.15) is 12.4 Å². The summed E-state index contributed by atoms with van der Waals surface area (Å²) in [4.78, 5) is 29.6. The van der Waals surface area contributed by atoms with Crippen LogP contribution in [0.4, 0.5) is 0 Å². The summed E-state index contributed by atoms with van der Waals surface area (Å²) in [5.41, 5.74) is 8.65. The fourth-order valence-corrected chi connectivity index (χ4v) is 5.69. The summed E-state index contributed by atoms with van der Waals surface area (Å²) in [5.74, 6) is -0.340. The molecule has 1 aromatic heterocycles. The number of rotatable bonds is 10. The third-order valence-corrected chi connectivity index (χ3v) is 8.27. The summed E-state index contributed by atoms with van der Waals surface area (Å²) < 4.78 is 7.98. The van der Waals surface area contributed by atoms with Gasteiger partial charge in [-0.15, -0.1) is 0 Å². The molecule has 0 radical (unpaired) electrons. The predicted octanol–water partition coefficient (Wildman–Crippen LogP) is 7.37. The average Bonchev–Trinajstić information content (AvgIpc) is 3.44. The standard InChI is InChI=1S/C38H39ClN4O3/c1-26-15-17-29(18-16-26)25-46-36-27(2)19-30(20-28(36)3)21-41(4)37(44)38(45)42(5)22-33-24-43(23-32-13-9-10-14-34(32)39)40-35(33)31-11-7-6-8-12-31/h6-20,24H,21-23,25H2,1-5H3. The van der Waals surface area contributed by atoms with Crippen LogP contribution in [0.25, 0.3) is 11.3 Å². The number of carbonyl (C=O) groups excluding carboxylic acids is 2. The second kappa shape index (κ2) is 14.5. The van der Waals surface area contributed by atoms with Crippen molar-refractivity contribution in [2.45, 2.75) is 47.0 Å². The molecule has 8 heteroatoms. The molecular weight excluding hydrogens is 596 g/mol. The lowest BCUT2D eigenvalue weighted by atomic mass is 10.0. The van der Waals surface area contributed by atoms with Crippen LogP contribution in [0, 0.1) is 20.8 Å². The molecule has 0 aliphatic heterocycles. The van der Waals surface area contributed by atoms with Gasteiger partial charge < -0.3 is 14.5 Å². The summed E-state index contributed by atoms with van der Waals surface area (Å²) in [7, 11) is 3.29. The molecule has 236 valence electrons. The minimum absolute atomic E-state index is 0.219. The molecule has 0 unspecified atom stereocenters. The van der Waals surface area contributed by atoms with Crippen molar-refractivity contribution in [2.24, 2.45) is 0 Å². The minimum atomic E-state index is -0.591. The van der Waals surface area contributed by atoms with E-state index in [4.69, 9.17) is 21.4 Å². The van der Waals surface area contributed by atoms with Crippen LogP contribution in [0.3, 0.4) is 0 Å². The van der Waals surface area contributed by atoms with Gasteiger partial charge in [-0.05, 0) is 54.7 Å². The highest BCUT2D eigenvalue weighted by Gasteiger charge is 2.25. The Morgan fingerprint density at radius 1 is 0.761 bits per heavy atom. The van der Waals surface area contributed by atoms with E-state index in [1.807, 2.05) is 91.5 Å². The molecule has 0 saturated heterocycles. The molecular formula is C38H39ClN4O3. The number of carbonyl (C=O) groups is 2. The SMILES string of the molecule is Cc1ccc(COc2c(C)cc(CN(C)C(=O)C(=O)N(C)Cc3cn(Cc4ccccc4Cl)nc3-c3ccccc3)cc2C)cc1. The van der Waals surface area contributed by atoms with E-state index in [9.17, 15) is 9.59 Å². The van der Waals surface area contributed by atoms with Crippen molar-refractivity contribution >= 4 is 23.4 Å². The van der Waals surface area contributed by atoms with E-state index < -0.39 is 11.8 Å². The van der Waals surface area contributed by atoms with Crippen LogP contribution in [0.2, 0.25) is 5.02 Å². The summed E-state index contributed by atoms with van der Waals surface area (Å²) in [6.07, 6.45) is 1.91. The number of ether oxygens (including phenoxy) is 1. The molecule has 2 amide bonds. The summed E-state index contributed by atoms with van der Waals surface area (Å²) in [5, 5.41) is 5.50. The van der Waals surface area contributed by atoms with E-state index >= 15 is 0 Å². The number of benzene rings is 4. The molecule has 5 rings (SSSR count). The highest BCUT2D eigenvalue weighted by Crippen LogP contribution is 2.27. The Morgan fingerprint density at radius 2 is 1.37 bits per heavy atom. The van der Waals surface area contributed by atoms with Gasteiger partial charge in [0.05, 0.1) is 12.2 Å². The molecule has 5 aromatic rings. The summed E-state index contributed by atoms with van der Waals surface area (Å²) in [6, 6.07) is 29.8. The maximum atomic E-state index is 13.4. The molecule has 0 N–H and O–H groups in total. The van der Waals surface area contributed by atoms with Gasteiger partial charge in [-0.1, -0.05) is 102 Å². The Hall–Kier alpha value is -4.88. The van der Waals surface area contributed by atoms with E-state index in [0.717, 1.165) is 50.4 Å². The van der Waals surface area contributed by atoms with Gasteiger partial charge >= 0.3 is 11.8 Å². The topological polar surface area (TPSA) is 67.7 Å². The van der Waals surface area contributed by atoms with E-state index in [-0.39, 0.29) is 6.54 Å². The molecule has 0 saturated carbocycles. The minimum Gasteiger partial charge on any atom is -0.488 e. The quantitative estimate of drug-likeness (QED) is 0.150. The molecule has 7 nitrogen and oxygen atoms in total. The molecule has 0 bridgehead atoms. The molecule has 0 spiro atoms. The van der Waals surface area contributed by atoms with E-state index in [0.29, 0.717) is 24.7 Å². The highest BCUT2D eigenvalue weighted by atomic mass is 35.5. The first-order valence-corrected chi connectivity index (χ1v) is 15.6. The first-order chi connectivity index (χ1) is 22.1. The van der Waals surface area contributed by atoms with Crippen molar-refractivity contribution < 1.29 is 14.3 Å². The fourth-order valence-electron chi connectivity index (χ4n) is 5.50. The van der Waals surface area contributed by atoms with Crippen LogP contribution in [0.15, 0.2) is 97.2 Å². The number of hydrogen-bond donors (Lipinski definition) is 0. The maximum absolute atomic E-state index is 13.4. The molecule has 4 aromatic carbocycles. The molecule has 0 aliphatic rings. The van der Waals surface area contributed by atoms with Crippen LogP contribution in [-0.4, -0.2) is 45.5 Å². The molecule has 0 aliphatic carbocycles. The Kier molecular flexibility index (Phi) is 10.2. The zero-order chi connectivity index (χ0) is 32.8. The smallest absolute Gasteiger partial charge is 0.312 e. The normalized spacial score (nSPS) is 10.9. The Labute approximate surface area is 276 Å². The van der Waals surface area contributed by atoms with Crippen LogP contribution < -0.4 is 4.74 Å². The van der Waals surface area contributed by atoms with E-state index in [1.54, 1.807) is 14.1 Å². The third-order valence-electron chi connectivity index (χ3n) is 7.90. The van der Waals surface area contributed by atoms with Gasteiger partial charge in [0.2, 0.25) is 0 Å². The number of halogens is 1. The zero-order valence-corrected chi connectivity index (χ0v) is 27.7. The molecule has 0 atom stereocenters. The fraction of sp³-hybridized carbons (Fsp3) is 0.237. The average molecular weight is 635 g/mol. The summed E-state index contributed by atoms with van der Waals surface area (Å²) >= 11 is 6.41. The van der Waals surface area contributed by atoms with Crippen LogP contribution >= 0.6 is 11.6 Å². The second-order valence-electron chi connectivity index (χ2n) is 11.8. The van der Waals surface area contributed by atoms with E-state index in [1.165, 1.54) is 15.4 Å². The predicted molar refractivity (Wildman–Crippen MR) is 183 cm³/mol. The number of likely N-dealkylation sites (N-methyl/N-ethyl adjacent to an activating group) is 2. The highest BCUT2D eigenvalue weighted by molar-refractivity contribution is 6.34. The van der Waals surface area contributed by atoms with Gasteiger partial charge in [0.15, 0.2) is 0 Å².